The summed E-state index contributed by atoms with van der Waals surface area (Å²) in [7, 11) is -3.02. The SMILES string of the molecule is CCCCCCCCN(CCCCCCC)S(C)(=O)=O. The monoisotopic (exact) mass is 305 g/mol. The van der Waals surface area contributed by atoms with Crippen molar-refractivity contribution in [2.75, 3.05) is 19.3 Å². The molecule has 20 heavy (non-hydrogen) atoms. The zero-order valence-corrected chi connectivity index (χ0v) is 14.7. The lowest BCUT2D eigenvalue weighted by atomic mass is 10.1. The molecule has 0 saturated carbocycles. The van der Waals surface area contributed by atoms with Gasteiger partial charge in [0.1, 0.15) is 0 Å². The molecule has 3 nitrogen and oxygen atoms in total. The molecule has 0 amide bonds. The van der Waals surface area contributed by atoms with Gasteiger partial charge in [-0.25, -0.2) is 12.7 Å². The van der Waals surface area contributed by atoms with Gasteiger partial charge in [0.05, 0.1) is 6.26 Å². The lowest BCUT2D eigenvalue weighted by Gasteiger charge is -2.19. The number of sulfonamides is 1. The van der Waals surface area contributed by atoms with Crippen LogP contribution in [0.2, 0.25) is 0 Å². The molecule has 0 aromatic heterocycles. The minimum atomic E-state index is -3.02. The van der Waals surface area contributed by atoms with E-state index in [1.165, 1.54) is 51.2 Å². The highest BCUT2D eigenvalue weighted by Gasteiger charge is 2.15. The predicted molar refractivity (Wildman–Crippen MR) is 88.6 cm³/mol. The molecule has 0 aromatic carbocycles. The van der Waals surface area contributed by atoms with Crippen molar-refractivity contribution in [2.45, 2.75) is 84.5 Å². The topological polar surface area (TPSA) is 37.4 Å². The molecule has 0 bridgehead atoms. The smallest absolute Gasteiger partial charge is 0.211 e. The molecule has 0 saturated heterocycles. The molecule has 0 radical (unpaired) electrons. The first-order chi connectivity index (χ1) is 9.52. The Kier molecular flexibility index (Phi) is 12.6. The maximum Gasteiger partial charge on any atom is 0.211 e. The number of hydrogen-bond acceptors (Lipinski definition) is 2. The van der Waals surface area contributed by atoms with Crippen molar-refractivity contribution in [1.29, 1.82) is 0 Å². The standard InChI is InChI=1S/C16H35NO2S/c1-4-6-8-10-12-14-16-17(20(3,18)19)15-13-11-9-7-5-2/h4-16H2,1-3H3. The molecule has 0 aliphatic rings. The number of hydrogen-bond donors (Lipinski definition) is 0. The summed E-state index contributed by atoms with van der Waals surface area (Å²) in [6.45, 7) is 5.82. The zero-order valence-electron chi connectivity index (χ0n) is 13.9. The molecule has 0 N–H and O–H groups in total. The minimum Gasteiger partial charge on any atom is -0.213 e. The van der Waals surface area contributed by atoms with Crippen LogP contribution in [0.3, 0.4) is 0 Å². The molecular weight excluding hydrogens is 270 g/mol. The van der Waals surface area contributed by atoms with E-state index in [-0.39, 0.29) is 0 Å². The van der Waals surface area contributed by atoms with Gasteiger partial charge >= 0.3 is 0 Å². The second kappa shape index (κ2) is 12.6. The summed E-state index contributed by atoms with van der Waals surface area (Å²) in [5.74, 6) is 0. The molecule has 4 heteroatoms. The summed E-state index contributed by atoms with van der Waals surface area (Å²) in [5.41, 5.74) is 0. The van der Waals surface area contributed by atoms with Gasteiger partial charge in [0.25, 0.3) is 0 Å². The second-order valence-corrected chi connectivity index (χ2v) is 7.83. The van der Waals surface area contributed by atoms with Crippen LogP contribution in [0.25, 0.3) is 0 Å². The van der Waals surface area contributed by atoms with Gasteiger partial charge in [-0.15, -0.1) is 0 Å². The summed E-state index contributed by atoms with van der Waals surface area (Å²) < 4.78 is 25.2. The third-order valence-corrected chi connectivity index (χ3v) is 5.04. The van der Waals surface area contributed by atoms with Crippen molar-refractivity contribution in [3.63, 3.8) is 0 Å². The van der Waals surface area contributed by atoms with E-state index >= 15 is 0 Å². The van der Waals surface area contributed by atoms with E-state index in [1.807, 2.05) is 0 Å². The van der Waals surface area contributed by atoms with Gasteiger partial charge < -0.3 is 0 Å². The average molecular weight is 306 g/mol. The summed E-state index contributed by atoms with van der Waals surface area (Å²) in [6.07, 6.45) is 14.5. The lowest BCUT2D eigenvalue weighted by molar-refractivity contribution is 0.387. The van der Waals surface area contributed by atoms with Gasteiger partial charge in [-0.3, -0.25) is 0 Å². The maximum absolute atomic E-state index is 11.7. The molecule has 0 unspecified atom stereocenters. The van der Waals surface area contributed by atoms with E-state index in [0.29, 0.717) is 13.1 Å². The Morgan fingerprint density at radius 1 is 0.650 bits per heavy atom. The normalized spacial score (nSPS) is 12.2. The van der Waals surface area contributed by atoms with E-state index in [4.69, 9.17) is 0 Å². The summed E-state index contributed by atoms with van der Waals surface area (Å²) in [5, 5.41) is 0. The van der Waals surface area contributed by atoms with Crippen LogP contribution < -0.4 is 0 Å². The van der Waals surface area contributed by atoms with Crippen LogP contribution >= 0.6 is 0 Å². The van der Waals surface area contributed by atoms with E-state index in [2.05, 4.69) is 13.8 Å². The fourth-order valence-corrected chi connectivity index (χ4v) is 3.33. The first kappa shape index (κ1) is 19.9. The zero-order chi connectivity index (χ0) is 15.3. The van der Waals surface area contributed by atoms with Crippen molar-refractivity contribution in [1.82, 2.24) is 4.31 Å². The molecule has 0 aromatic rings. The number of nitrogens with zero attached hydrogens (tertiary/aromatic N) is 1. The summed E-state index contributed by atoms with van der Waals surface area (Å²) in [4.78, 5) is 0. The van der Waals surface area contributed by atoms with Crippen LogP contribution in [-0.2, 0) is 10.0 Å². The third kappa shape index (κ3) is 11.7. The van der Waals surface area contributed by atoms with Crippen LogP contribution in [-0.4, -0.2) is 32.1 Å². The Morgan fingerprint density at radius 2 is 1.00 bits per heavy atom. The van der Waals surface area contributed by atoms with Gasteiger partial charge in [-0.1, -0.05) is 71.6 Å². The molecular formula is C16H35NO2S. The average Bonchev–Trinajstić information content (AvgIpc) is 2.38. The minimum absolute atomic E-state index is 0.706. The summed E-state index contributed by atoms with van der Waals surface area (Å²) >= 11 is 0. The molecule has 0 fully saturated rings. The van der Waals surface area contributed by atoms with Crippen molar-refractivity contribution < 1.29 is 8.42 Å². The van der Waals surface area contributed by atoms with Crippen molar-refractivity contribution >= 4 is 10.0 Å². The van der Waals surface area contributed by atoms with E-state index in [9.17, 15) is 8.42 Å². The van der Waals surface area contributed by atoms with Crippen molar-refractivity contribution in [2.24, 2.45) is 0 Å². The second-order valence-electron chi connectivity index (χ2n) is 5.84. The van der Waals surface area contributed by atoms with Crippen LogP contribution in [0.4, 0.5) is 0 Å². The fraction of sp³-hybridized carbons (Fsp3) is 1.00. The van der Waals surface area contributed by atoms with Gasteiger partial charge in [0.2, 0.25) is 10.0 Å². The van der Waals surface area contributed by atoms with Gasteiger partial charge in [0.15, 0.2) is 0 Å². The highest BCUT2D eigenvalue weighted by Crippen LogP contribution is 2.10. The highest BCUT2D eigenvalue weighted by molar-refractivity contribution is 7.88. The van der Waals surface area contributed by atoms with Crippen LogP contribution in [0.5, 0.6) is 0 Å². The molecule has 0 atom stereocenters. The molecule has 0 heterocycles. The van der Waals surface area contributed by atoms with Gasteiger partial charge in [0, 0.05) is 13.1 Å². The number of rotatable bonds is 14. The van der Waals surface area contributed by atoms with E-state index in [1.54, 1.807) is 4.31 Å². The third-order valence-electron chi connectivity index (χ3n) is 3.74. The van der Waals surface area contributed by atoms with Crippen LogP contribution in [0.15, 0.2) is 0 Å². The van der Waals surface area contributed by atoms with E-state index < -0.39 is 10.0 Å². The predicted octanol–water partition coefficient (Wildman–Crippen LogP) is 4.58. The Hall–Kier alpha value is -0.0900. The Morgan fingerprint density at radius 3 is 1.35 bits per heavy atom. The van der Waals surface area contributed by atoms with Crippen LogP contribution in [0, 0.1) is 0 Å². The van der Waals surface area contributed by atoms with Gasteiger partial charge in [-0.05, 0) is 12.8 Å². The molecule has 0 aliphatic carbocycles. The molecule has 122 valence electrons. The molecule has 0 spiro atoms. The van der Waals surface area contributed by atoms with Crippen LogP contribution in [0.1, 0.15) is 84.5 Å². The fourth-order valence-electron chi connectivity index (χ4n) is 2.40. The highest BCUT2D eigenvalue weighted by atomic mass is 32.2. The Bertz CT molecular complexity index is 302. The molecule has 0 aliphatic heterocycles. The van der Waals surface area contributed by atoms with Gasteiger partial charge in [-0.2, -0.15) is 0 Å². The maximum atomic E-state index is 11.7. The lowest BCUT2D eigenvalue weighted by Crippen LogP contribution is -2.32. The molecule has 0 rings (SSSR count). The first-order valence-corrected chi connectivity index (χ1v) is 10.3. The number of unbranched alkanes of at least 4 members (excludes halogenated alkanes) is 9. The first-order valence-electron chi connectivity index (χ1n) is 8.47. The quantitative estimate of drug-likeness (QED) is 0.441. The Labute approximate surface area is 127 Å². The summed E-state index contributed by atoms with van der Waals surface area (Å²) in [6, 6.07) is 0. The van der Waals surface area contributed by atoms with Crippen molar-refractivity contribution in [3.8, 4) is 0 Å². The van der Waals surface area contributed by atoms with Crippen molar-refractivity contribution in [3.05, 3.63) is 0 Å². The Balaban J connectivity index is 3.81. The van der Waals surface area contributed by atoms with E-state index in [0.717, 1.165) is 25.7 Å². The largest absolute Gasteiger partial charge is 0.213 e.